The highest BCUT2D eigenvalue weighted by Crippen LogP contribution is 2.62. The van der Waals surface area contributed by atoms with E-state index < -0.39 is 0 Å². The Balaban J connectivity index is 1.73. The summed E-state index contributed by atoms with van der Waals surface area (Å²) in [7, 11) is 0. The number of hydrogen-bond acceptors (Lipinski definition) is 3. The molecule has 4 heteroatoms. The number of anilines is 1. The number of hydrogen-bond donors (Lipinski definition) is 1. The van der Waals surface area contributed by atoms with E-state index in [1.54, 1.807) is 0 Å². The maximum absolute atomic E-state index is 6.00. The summed E-state index contributed by atoms with van der Waals surface area (Å²) in [5.41, 5.74) is 9.08. The van der Waals surface area contributed by atoms with Crippen LogP contribution in [0.1, 0.15) is 37.3 Å². The Labute approximate surface area is 123 Å². The molecule has 1 aromatic carbocycles. The van der Waals surface area contributed by atoms with E-state index in [0.29, 0.717) is 11.8 Å². The van der Waals surface area contributed by atoms with Crippen molar-refractivity contribution in [1.29, 1.82) is 0 Å². The van der Waals surface area contributed by atoms with E-state index in [1.165, 1.54) is 25.7 Å². The van der Waals surface area contributed by atoms with Crippen molar-refractivity contribution in [2.45, 2.75) is 31.6 Å². The summed E-state index contributed by atoms with van der Waals surface area (Å²) in [6.45, 7) is 0. The lowest BCUT2D eigenvalue weighted by atomic mass is 10.0. The van der Waals surface area contributed by atoms with Gasteiger partial charge in [0.25, 0.3) is 0 Å². The zero-order valence-electron chi connectivity index (χ0n) is 11.2. The first-order chi connectivity index (χ1) is 9.75. The molecule has 0 amide bonds. The standard InChI is InChI=1S/C16H17ClN2O/c17-10-7-5-9(6-8-10)13-15(19-20-16(13)18)14-11-3-1-2-4-12(11)14/h5-8,11-12,14H,1-4,18H2. The van der Waals surface area contributed by atoms with Gasteiger partial charge in [-0.1, -0.05) is 41.7 Å². The molecule has 0 bridgehead atoms. The summed E-state index contributed by atoms with van der Waals surface area (Å²) in [6.07, 6.45) is 5.34. The molecule has 2 aromatic rings. The van der Waals surface area contributed by atoms with Gasteiger partial charge in [0.05, 0.1) is 11.3 Å². The molecule has 0 aliphatic heterocycles. The van der Waals surface area contributed by atoms with Crippen molar-refractivity contribution < 1.29 is 4.52 Å². The van der Waals surface area contributed by atoms with Crippen LogP contribution in [0.25, 0.3) is 11.1 Å². The van der Waals surface area contributed by atoms with E-state index in [4.69, 9.17) is 21.9 Å². The molecule has 2 fully saturated rings. The largest absolute Gasteiger partial charge is 0.367 e. The predicted molar refractivity (Wildman–Crippen MR) is 79.6 cm³/mol. The molecule has 3 nitrogen and oxygen atoms in total. The number of nitrogens with zero attached hydrogens (tertiary/aromatic N) is 1. The second kappa shape index (κ2) is 4.52. The molecule has 0 radical (unpaired) electrons. The molecular formula is C16H17ClN2O. The van der Waals surface area contributed by atoms with Gasteiger partial charge in [-0.2, -0.15) is 0 Å². The van der Waals surface area contributed by atoms with Gasteiger partial charge in [0.2, 0.25) is 5.88 Å². The minimum Gasteiger partial charge on any atom is -0.367 e. The van der Waals surface area contributed by atoms with Crippen molar-refractivity contribution in [3.8, 4) is 11.1 Å². The summed E-state index contributed by atoms with van der Waals surface area (Å²) in [5.74, 6) is 2.55. The molecule has 20 heavy (non-hydrogen) atoms. The lowest BCUT2D eigenvalue weighted by molar-refractivity contribution is 0.426. The quantitative estimate of drug-likeness (QED) is 0.886. The lowest BCUT2D eigenvalue weighted by Gasteiger charge is -2.04. The first-order valence-electron chi connectivity index (χ1n) is 7.26. The maximum Gasteiger partial charge on any atom is 0.230 e. The van der Waals surface area contributed by atoms with Crippen LogP contribution in [-0.2, 0) is 0 Å². The Morgan fingerprint density at radius 2 is 1.75 bits per heavy atom. The molecule has 2 aliphatic carbocycles. The number of aromatic nitrogens is 1. The number of halogens is 1. The second-order valence-corrected chi connectivity index (χ2v) is 6.39. The molecule has 104 valence electrons. The predicted octanol–water partition coefficient (Wildman–Crippen LogP) is 4.48. The fourth-order valence-electron chi connectivity index (χ4n) is 3.85. The van der Waals surface area contributed by atoms with Crippen LogP contribution in [0, 0.1) is 11.8 Å². The van der Waals surface area contributed by atoms with E-state index in [9.17, 15) is 0 Å². The zero-order valence-corrected chi connectivity index (χ0v) is 11.9. The van der Waals surface area contributed by atoms with Gasteiger partial charge >= 0.3 is 0 Å². The highest BCUT2D eigenvalue weighted by Gasteiger charge is 2.53. The smallest absolute Gasteiger partial charge is 0.230 e. The van der Waals surface area contributed by atoms with Crippen LogP contribution in [0.4, 0.5) is 5.88 Å². The van der Waals surface area contributed by atoms with Crippen molar-refractivity contribution in [3.05, 3.63) is 35.0 Å². The molecule has 2 N–H and O–H groups in total. The van der Waals surface area contributed by atoms with E-state index in [2.05, 4.69) is 5.16 Å². The van der Waals surface area contributed by atoms with E-state index in [1.807, 2.05) is 24.3 Å². The van der Waals surface area contributed by atoms with Gasteiger partial charge in [-0.25, -0.2) is 0 Å². The molecule has 4 rings (SSSR count). The first-order valence-corrected chi connectivity index (χ1v) is 7.64. The topological polar surface area (TPSA) is 52.0 Å². The third-order valence-electron chi connectivity index (χ3n) is 4.85. The highest BCUT2D eigenvalue weighted by molar-refractivity contribution is 6.30. The van der Waals surface area contributed by atoms with Crippen molar-refractivity contribution >= 4 is 17.5 Å². The Morgan fingerprint density at radius 1 is 1.10 bits per heavy atom. The van der Waals surface area contributed by atoms with Crippen LogP contribution < -0.4 is 5.73 Å². The van der Waals surface area contributed by atoms with Crippen LogP contribution in [0.15, 0.2) is 28.8 Å². The second-order valence-electron chi connectivity index (χ2n) is 5.95. The van der Waals surface area contributed by atoms with Gasteiger partial charge in [0.15, 0.2) is 0 Å². The molecular weight excluding hydrogens is 272 g/mol. The van der Waals surface area contributed by atoms with Crippen molar-refractivity contribution in [1.82, 2.24) is 5.16 Å². The van der Waals surface area contributed by atoms with Crippen molar-refractivity contribution in [2.75, 3.05) is 5.73 Å². The van der Waals surface area contributed by atoms with Gasteiger partial charge < -0.3 is 10.3 Å². The summed E-state index contributed by atoms with van der Waals surface area (Å²) >= 11 is 5.96. The van der Waals surface area contributed by atoms with Gasteiger partial charge in [0, 0.05) is 10.9 Å². The number of nitrogens with two attached hydrogens (primary N) is 1. The average molecular weight is 289 g/mol. The fraction of sp³-hybridized carbons (Fsp3) is 0.438. The SMILES string of the molecule is Nc1onc(C2C3CCCCC32)c1-c1ccc(Cl)cc1. The number of fused-ring (bicyclic) bond motifs is 1. The maximum atomic E-state index is 6.00. The fourth-order valence-corrected chi connectivity index (χ4v) is 3.97. The van der Waals surface area contributed by atoms with Crippen LogP contribution in [0.5, 0.6) is 0 Å². The highest BCUT2D eigenvalue weighted by atomic mass is 35.5. The van der Waals surface area contributed by atoms with Gasteiger partial charge in [-0.3, -0.25) is 0 Å². The molecule has 2 atom stereocenters. The number of rotatable bonds is 2. The Morgan fingerprint density at radius 3 is 2.40 bits per heavy atom. The van der Waals surface area contributed by atoms with Crippen molar-refractivity contribution in [3.63, 3.8) is 0 Å². The van der Waals surface area contributed by atoms with E-state index in [-0.39, 0.29) is 0 Å². The minimum atomic E-state index is 0.422. The Hall–Kier alpha value is -1.48. The number of nitrogen functional groups attached to an aromatic ring is 1. The van der Waals surface area contributed by atoms with Gasteiger partial charge in [-0.05, 0) is 42.4 Å². The summed E-state index contributed by atoms with van der Waals surface area (Å²) in [5, 5.41) is 4.99. The third kappa shape index (κ3) is 1.84. The molecule has 2 aliphatic rings. The van der Waals surface area contributed by atoms with Crippen LogP contribution >= 0.6 is 11.6 Å². The van der Waals surface area contributed by atoms with Gasteiger partial charge in [-0.15, -0.1) is 0 Å². The Bertz CT molecular complexity index is 622. The molecule has 2 unspecified atom stereocenters. The molecule has 1 heterocycles. The minimum absolute atomic E-state index is 0.422. The summed E-state index contributed by atoms with van der Waals surface area (Å²) in [4.78, 5) is 0. The van der Waals surface area contributed by atoms with E-state index in [0.717, 1.165) is 33.7 Å². The summed E-state index contributed by atoms with van der Waals surface area (Å²) in [6, 6.07) is 7.74. The van der Waals surface area contributed by atoms with Crippen LogP contribution in [0.3, 0.4) is 0 Å². The lowest BCUT2D eigenvalue weighted by Crippen LogP contribution is -1.91. The zero-order chi connectivity index (χ0) is 13.7. The van der Waals surface area contributed by atoms with E-state index >= 15 is 0 Å². The monoisotopic (exact) mass is 288 g/mol. The first kappa shape index (κ1) is 12.3. The number of benzene rings is 1. The molecule has 0 spiro atoms. The summed E-state index contributed by atoms with van der Waals surface area (Å²) < 4.78 is 5.28. The normalized spacial score (nSPS) is 28.1. The molecule has 1 aromatic heterocycles. The average Bonchev–Trinajstić information content (AvgIpc) is 3.08. The third-order valence-corrected chi connectivity index (χ3v) is 5.10. The Kier molecular flexibility index (Phi) is 2.77. The molecule has 0 saturated heterocycles. The van der Waals surface area contributed by atoms with Gasteiger partial charge in [0.1, 0.15) is 0 Å². The molecule has 2 saturated carbocycles. The van der Waals surface area contributed by atoms with Crippen molar-refractivity contribution in [2.24, 2.45) is 11.8 Å². The van der Waals surface area contributed by atoms with Crippen LogP contribution in [-0.4, -0.2) is 5.16 Å². The van der Waals surface area contributed by atoms with Crippen LogP contribution in [0.2, 0.25) is 5.02 Å².